The molecular weight excluding hydrogens is 250 g/mol. The molecule has 0 aromatic heterocycles. The van der Waals surface area contributed by atoms with Crippen molar-refractivity contribution in [2.75, 3.05) is 39.3 Å². The number of ether oxygens (including phenoxy) is 1. The van der Waals surface area contributed by atoms with Gasteiger partial charge in [-0.25, -0.2) is 0 Å². The van der Waals surface area contributed by atoms with E-state index in [0.717, 1.165) is 45.1 Å². The molecule has 4 nitrogen and oxygen atoms in total. The van der Waals surface area contributed by atoms with Gasteiger partial charge in [-0.1, -0.05) is 18.2 Å². The van der Waals surface area contributed by atoms with Crippen LogP contribution in [0.15, 0.2) is 24.3 Å². The first kappa shape index (κ1) is 13.4. The molecule has 0 bridgehead atoms. The Labute approximate surface area is 120 Å². The molecule has 1 aromatic rings. The van der Waals surface area contributed by atoms with E-state index in [1.807, 2.05) is 13.0 Å². The van der Waals surface area contributed by atoms with Gasteiger partial charge in [0.1, 0.15) is 5.75 Å². The molecule has 2 aliphatic heterocycles. The molecule has 2 atom stereocenters. The lowest BCUT2D eigenvalue weighted by atomic mass is 10.0. The van der Waals surface area contributed by atoms with E-state index < -0.39 is 0 Å². The van der Waals surface area contributed by atoms with Gasteiger partial charge < -0.3 is 9.64 Å². The van der Waals surface area contributed by atoms with Crippen LogP contribution in [0.2, 0.25) is 0 Å². The molecule has 106 valence electrons. The fourth-order valence-corrected chi connectivity index (χ4v) is 3.11. The van der Waals surface area contributed by atoms with E-state index in [9.17, 15) is 0 Å². The van der Waals surface area contributed by atoms with E-state index in [1.165, 1.54) is 5.56 Å². The molecule has 1 aromatic carbocycles. The first-order valence-corrected chi connectivity index (χ1v) is 7.35. The van der Waals surface area contributed by atoms with Gasteiger partial charge in [-0.05, 0) is 13.0 Å². The van der Waals surface area contributed by atoms with Crippen molar-refractivity contribution in [2.45, 2.75) is 18.9 Å². The van der Waals surface area contributed by atoms with E-state index in [4.69, 9.17) is 10.00 Å². The summed E-state index contributed by atoms with van der Waals surface area (Å²) >= 11 is 0. The van der Waals surface area contributed by atoms with Crippen LogP contribution in [-0.2, 0) is 0 Å². The standard InChI is InChI=1S/C16H21N3O/c1-13(10-17)19-8-6-18(7-9-19)11-14-12-20-16-5-3-2-4-15(14)16/h2-5,13-14H,6-9,11-12H2,1H3. The molecule has 0 N–H and O–H groups in total. The highest BCUT2D eigenvalue weighted by Crippen LogP contribution is 2.33. The molecule has 0 aliphatic carbocycles. The zero-order valence-corrected chi connectivity index (χ0v) is 12.0. The Balaban J connectivity index is 1.55. The first-order valence-electron chi connectivity index (χ1n) is 7.35. The number of rotatable bonds is 3. The zero-order valence-electron chi connectivity index (χ0n) is 12.0. The van der Waals surface area contributed by atoms with Gasteiger partial charge in [0.2, 0.25) is 0 Å². The predicted octanol–water partition coefficient (Wildman–Crippen LogP) is 1.69. The molecule has 1 saturated heterocycles. The van der Waals surface area contributed by atoms with Crippen LogP contribution in [0.4, 0.5) is 0 Å². The second-order valence-corrected chi connectivity index (χ2v) is 5.69. The number of hydrogen-bond acceptors (Lipinski definition) is 4. The van der Waals surface area contributed by atoms with E-state index in [2.05, 4.69) is 34.1 Å². The quantitative estimate of drug-likeness (QED) is 0.839. The molecule has 2 aliphatic rings. The monoisotopic (exact) mass is 271 g/mol. The average molecular weight is 271 g/mol. The van der Waals surface area contributed by atoms with Gasteiger partial charge in [0.15, 0.2) is 0 Å². The van der Waals surface area contributed by atoms with Crippen molar-refractivity contribution < 1.29 is 4.74 Å². The molecule has 3 rings (SSSR count). The fourth-order valence-electron chi connectivity index (χ4n) is 3.11. The third-order valence-electron chi connectivity index (χ3n) is 4.42. The van der Waals surface area contributed by atoms with Crippen molar-refractivity contribution in [3.8, 4) is 11.8 Å². The van der Waals surface area contributed by atoms with Crippen molar-refractivity contribution in [3.63, 3.8) is 0 Å². The van der Waals surface area contributed by atoms with Crippen molar-refractivity contribution in [1.82, 2.24) is 9.80 Å². The average Bonchev–Trinajstić information content (AvgIpc) is 2.91. The van der Waals surface area contributed by atoms with Crippen molar-refractivity contribution in [3.05, 3.63) is 29.8 Å². The summed E-state index contributed by atoms with van der Waals surface area (Å²) in [5.41, 5.74) is 1.35. The molecule has 0 spiro atoms. The number of para-hydroxylation sites is 1. The Morgan fingerprint density at radius 1 is 1.30 bits per heavy atom. The minimum Gasteiger partial charge on any atom is -0.493 e. The Kier molecular flexibility index (Phi) is 3.90. The minimum atomic E-state index is 0.0349. The lowest BCUT2D eigenvalue weighted by Crippen LogP contribution is -2.50. The van der Waals surface area contributed by atoms with Gasteiger partial charge in [-0.15, -0.1) is 0 Å². The highest BCUT2D eigenvalue weighted by atomic mass is 16.5. The molecule has 0 radical (unpaired) electrons. The van der Waals surface area contributed by atoms with Gasteiger partial charge in [0.05, 0.1) is 18.7 Å². The number of fused-ring (bicyclic) bond motifs is 1. The third kappa shape index (κ3) is 2.65. The first-order chi connectivity index (χ1) is 9.78. The maximum atomic E-state index is 8.97. The van der Waals surface area contributed by atoms with E-state index in [0.29, 0.717) is 5.92 Å². The zero-order chi connectivity index (χ0) is 13.9. The largest absolute Gasteiger partial charge is 0.493 e. The summed E-state index contributed by atoms with van der Waals surface area (Å²) < 4.78 is 5.75. The molecule has 2 heterocycles. The summed E-state index contributed by atoms with van der Waals surface area (Å²) in [5, 5.41) is 8.97. The van der Waals surface area contributed by atoms with Gasteiger partial charge in [-0.3, -0.25) is 4.90 Å². The Morgan fingerprint density at radius 3 is 2.80 bits per heavy atom. The predicted molar refractivity (Wildman–Crippen MR) is 77.8 cm³/mol. The third-order valence-corrected chi connectivity index (χ3v) is 4.42. The highest BCUT2D eigenvalue weighted by molar-refractivity contribution is 5.39. The maximum absolute atomic E-state index is 8.97. The second-order valence-electron chi connectivity index (χ2n) is 5.69. The van der Waals surface area contributed by atoms with Gasteiger partial charge in [0, 0.05) is 44.2 Å². The van der Waals surface area contributed by atoms with Crippen LogP contribution < -0.4 is 4.74 Å². The smallest absolute Gasteiger partial charge is 0.122 e. The van der Waals surface area contributed by atoms with Crippen molar-refractivity contribution in [1.29, 1.82) is 5.26 Å². The van der Waals surface area contributed by atoms with E-state index in [-0.39, 0.29) is 6.04 Å². The van der Waals surface area contributed by atoms with Crippen LogP contribution in [0.5, 0.6) is 5.75 Å². The minimum absolute atomic E-state index is 0.0349. The lowest BCUT2D eigenvalue weighted by Gasteiger charge is -2.36. The van der Waals surface area contributed by atoms with Gasteiger partial charge in [-0.2, -0.15) is 5.26 Å². The van der Waals surface area contributed by atoms with Crippen LogP contribution in [-0.4, -0.2) is 55.2 Å². The van der Waals surface area contributed by atoms with Gasteiger partial charge >= 0.3 is 0 Å². The summed E-state index contributed by atoms with van der Waals surface area (Å²) in [6.07, 6.45) is 0. The topological polar surface area (TPSA) is 39.5 Å². The van der Waals surface area contributed by atoms with Crippen LogP contribution >= 0.6 is 0 Å². The number of nitriles is 1. The number of piperazine rings is 1. The molecule has 4 heteroatoms. The summed E-state index contributed by atoms with van der Waals surface area (Å²) in [6, 6.07) is 10.7. The maximum Gasteiger partial charge on any atom is 0.122 e. The van der Waals surface area contributed by atoms with E-state index >= 15 is 0 Å². The van der Waals surface area contributed by atoms with Crippen LogP contribution in [0.25, 0.3) is 0 Å². The molecule has 2 unspecified atom stereocenters. The van der Waals surface area contributed by atoms with Gasteiger partial charge in [0.25, 0.3) is 0 Å². The molecule has 0 amide bonds. The summed E-state index contributed by atoms with van der Waals surface area (Å²) in [5.74, 6) is 1.54. The lowest BCUT2D eigenvalue weighted by molar-refractivity contribution is 0.111. The number of benzene rings is 1. The highest BCUT2D eigenvalue weighted by Gasteiger charge is 2.28. The molecule has 0 saturated carbocycles. The number of hydrogen-bond donors (Lipinski definition) is 0. The summed E-state index contributed by atoms with van der Waals surface area (Å²) in [7, 11) is 0. The normalized spacial score (nSPS) is 24.7. The van der Waals surface area contributed by atoms with Crippen molar-refractivity contribution in [2.24, 2.45) is 0 Å². The van der Waals surface area contributed by atoms with E-state index in [1.54, 1.807) is 0 Å². The van der Waals surface area contributed by atoms with Crippen LogP contribution in [0.1, 0.15) is 18.4 Å². The molecule has 1 fully saturated rings. The molecular formula is C16H21N3O. The Bertz CT molecular complexity index is 503. The SMILES string of the molecule is CC(C#N)N1CCN(CC2COc3ccccc32)CC1. The Hall–Kier alpha value is -1.57. The molecule has 20 heavy (non-hydrogen) atoms. The summed E-state index contributed by atoms with van der Waals surface area (Å²) in [6.45, 7) is 7.92. The summed E-state index contributed by atoms with van der Waals surface area (Å²) in [4.78, 5) is 4.76. The van der Waals surface area contributed by atoms with Crippen molar-refractivity contribution >= 4 is 0 Å². The fraction of sp³-hybridized carbons (Fsp3) is 0.562. The number of nitrogens with zero attached hydrogens (tertiary/aromatic N) is 3. The van der Waals surface area contributed by atoms with Crippen LogP contribution in [0, 0.1) is 11.3 Å². The Morgan fingerprint density at radius 2 is 2.05 bits per heavy atom. The van der Waals surface area contributed by atoms with Crippen LogP contribution in [0.3, 0.4) is 0 Å². The second kappa shape index (κ2) is 5.82.